The van der Waals surface area contributed by atoms with Gasteiger partial charge in [-0.1, -0.05) is 27.0 Å². The van der Waals surface area contributed by atoms with Gasteiger partial charge in [0.25, 0.3) is 0 Å². The first-order chi connectivity index (χ1) is 8.77. The molecule has 0 bridgehead atoms. The van der Waals surface area contributed by atoms with E-state index in [1.54, 1.807) is 12.2 Å². The summed E-state index contributed by atoms with van der Waals surface area (Å²) in [5, 5.41) is 3.29. The summed E-state index contributed by atoms with van der Waals surface area (Å²) < 4.78 is 1.81. The minimum atomic E-state index is -0.0586. The van der Waals surface area contributed by atoms with Crippen LogP contribution < -0.4 is 11.0 Å². The Bertz CT molecular complexity index is 450. The zero-order valence-electron chi connectivity index (χ0n) is 11.3. The normalized spacial score (nSPS) is 15.7. The van der Waals surface area contributed by atoms with Gasteiger partial charge in [0, 0.05) is 6.04 Å². The number of H-pyrrole nitrogens is 1. The summed E-state index contributed by atoms with van der Waals surface area (Å²) in [6.07, 6.45) is 5.34. The number of nitrogens with zero attached hydrogens (tertiary/aromatic N) is 1. The Labute approximate surface area is 108 Å². The van der Waals surface area contributed by atoms with Crippen molar-refractivity contribution < 1.29 is 0 Å². The summed E-state index contributed by atoms with van der Waals surface area (Å²) in [4.78, 5) is 14.7. The zero-order chi connectivity index (χ0) is 13.5. The predicted octanol–water partition coefficient (Wildman–Crippen LogP) is 2.41. The molecule has 0 spiro atoms. The van der Waals surface area contributed by atoms with Gasteiger partial charge in [-0.2, -0.15) is 0 Å². The van der Waals surface area contributed by atoms with Gasteiger partial charge in [0.15, 0.2) is 0 Å². The Morgan fingerprint density at radius 3 is 2.33 bits per heavy atom. The monoisotopic (exact) mass is 249 g/mol. The molecule has 0 saturated carbocycles. The van der Waals surface area contributed by atoms with E-state index in [9.17, 15) is 4.79 Å². The van der Waals surface area contributed by atoms with E-state index in [0.29, 0.717) is 0 Å². The fourth-order valence-electron chi connectivity index (χ4n) is 2.27. The highest BCUT2D eigenvalue weighted by Gasteiger charge is 2.20. The molecule has 1 aromatic rings. The summed E-state index contributed by atoms with van der Waals surface area (Å²) in [6, 6.07) is 0.270. The molecule has 0 radical (unpaired) electrons. The third-order valence-electron chi connectivity index (χ3n) is 3.07. The summed E-state index contributed by atoms with van der Waals surface area (Å²) >= 11 is 0. The Morgan fingerprint density at radius 1 is 1.22 bits per heavy atom. The van der Waals surface area contributed by atoms with Crippen molar-refractivity contribution in [3.63, 3.8) is 0 Å². The van der Waals surface area contributed by atoms with Crippen molar-refractivity contribution in [3.05, 3.63) is 35.0 Å². The first kappa shape index (κ1) is 14.5. The van der Waals surface area contributed by atoms with Gasteiger partial charge in [-0.25, -0.2) is 4.79 Å². The van der Waals surface area contributed by atoms with Crippen LogP contribution in [0.4, 0.5) is 0 Å². The molecule has 2 heterocycles. The summed E-state index contributed by atoms with van der Waals surface area (Å²) in [5.41, 5.74) is 1.56. The van der Waals surface area contributed by atoms with Gasteiger partial charge in [0.2, 0.25) is 0 Å². The lowest BCUT2D eigenvalue weighted by Crippen LogP contribution is -2.33. The lowest BCUT2D eigenvalue weighted by atomic mass is 10.1. The molecule has 18 heavy (non-hydrogen) atoms. The number of nitrogens with one attached hydrogen (secondary N) is 2. The lowest BCUT2D eigenvalue weighted by Gasteiger charge is -2.24. The Morgan fingerprint density at radius 2 is 1.83 bits per heavy atom. The third kappa shape index (κ3) is 2.82. The van der Waals surface area contributed by atoms with Crippen molar-refractivity contribution in [1.82, 2.24) is 14.9 Å². The van der Waals surface area contributed by atoms with Gasteiger partial charge in [0.05, 0.1) is 11.4 Å². The van der Waals surface area contributed by atoms with Crippen molar-refractivity contribution in [2.75, 3.05) is 13.1 Å². The summed E-state index contributed by atoms with van der Waals surface area (Å²) in [5.74, 6) is 0. The first-order valence-electron chi connectivity index (χ1n) is 6.58. The average Bonchev–Trinajstić information content (AvgIpc) is 2.77. The molecule has 0 aromatic carbocycles. The van der Waals surface area contributed by atoms with E-state index in [1.165, 1.54) is 0 Å². The van der Waals surface area contributed by atoms with E-state index >= 15 is 0 Å². The average molecular weight is 249 g/mol. The van der Waals surface area contributed by atoms with Crippen molar-refractivity contribution >= 4 is 12.2 Å². The molecule has 100 valence electrons. The van der Waals surface area contributed by atoms with E-state index in [0.717, 1.165) is 37.3 Å². The smallest absolute Gasteiger partial charge is 0.317 e. The van der Waals surface area contributed by atoms with Gasteiger partial charge in [0.1, 0.15) is 0 Å². The number of aromatic amines is 1. The number of hydrogen-bond donors (Lipinski definition) is 2. The molecule has 1 aromatic heterocycles. The van der Waals surface area contributed by atoms with Crippen LogP contribution in [0.15, 0.2) is 18.0 Å². The number of rotatable bonds is 3. The van der Waals surface area contributed by atoms with Crippen molar-refractivity contribution in [3.8, 4) is 0 Å². The van der Waals surface area contributed by atoms with Crippen molar-refractivity contribution in [1.29, 1.82) is 0 Å². The largest absolute Gasteiger partial charge is 0.326 e. The molecule has 0 unspecified atom stereocenters. The molecular formula is C14H23N3O. The molecule has 2 rings (SSSR count). The lowest BCUT2D eigenvalue weighted by molar-refractivity contribution is 0.360. The molecule has 4 nitrogen and oxygen atoms in total. The second kappa shape index (κ2) is 7.01. The maximum Gasteiger partial charge on any atom is 0.326 e. The molecular weight excluding hydrogens is 226 g/mol. The highest BCUT2D eigenvalue weighted by atomic mass is 16.1. The molecule has 1 fully saturated rings. The summed E-state index contributed by atoms with van der Waals surface area (Å²) in [6.45, 7) is 13.4. The highest BCUT2D eigenvalue weighted by molar-refractivity contribution is 5.57. The Kier molecular flexibility index (Phi) is 5.65. The van der Waals surface area contributed by atoms with Crippen LogP contribution in [0.3, 0.4) is 0 Å². The third-order valence-corrected chi connectivity index (χ3v) is 3.07. The highest BCUT2D eigenvalue weighted by Crippen LogP contribution is 2.21. The number of hydrogen-bond acceptors (Lipinski definition) is 2. The molecule has 1 saturated heterocycles. The molecule has 0 atom stereocenters. The van der Waals surface area contributed by atoms with Crippen LogP contribution in [-0.4, -0.2) is 22.6 Å². The number of imidazole rings is 1. The molecule has 0 amide bonds. The van der Waals surface area contributed by atoms with Gasteiger partial charge < -0.3 is 10.3 Å². The van der Waals surface area contributed by atoms with Gasteiger partial charge >= 0.3 is 5.69 Å². The minimum Gasteiger partial charge on any atom is -0.317 e. The van der Waals surface area contributed by atoms with Crippen LogP contribution >= 0.6 is 0 Å². The van der Waals surface area contributed by atoms with E-state index in [-0.39, 0.29) is 11.7 Å². The maximum atomic E-state index is 11.9. The SMILES string of the molecule is C=Cc1[nH]c(=O)n(C2CCNCC2)c1C=C.CC. The zero-order valence-corrected chi connectivity index (χ0v) is 11.3. The predicted molar refractivity (Wildman–Crippen MR) is 77.7 cm³/mol. The molecule has 0 aliphatic carbocycles. The van der Waals surface area contributed by atoms with Crippen LogP contribution in [0.25, 0.3) is 12.2 Å². The van der Waals surface area contributed by atoms with Crippen molar-refractivity contribution in [2.24, 2.45) is 0 Å². The second-order valence-electron chi connectivity index (χ2n) is 3.99. The van der Waals surface area contributed by atoms with Crippen LogP contribution in [0.1, 0.15) is 44.1 Å². The van der Waals surface area contributed by atoms with E-state index in [4.69, 9.17) is 0 Å². The van der Waals surface area contributed by atoms with Crippen LogP contribution in [-0.2, 0) is 0 Å². The van der Waals surface area contributed by atoms with Crippen LogP contribution in [0.2, 0.25) is 0 Å². The van der Waals surface area contributed by atoms with Crippen molar-refractivity contribution in [2.45, 2.75) is 32.7 Å². The van der Waals surface area contributed by atoms with E-state index < -0.39 is 0 Å². The van der Waals surface area contributed by atoms with Gasteiger partial charge in [-0.05, 0) is 38.1 Å². The quantitative estimate of drug-likeness (QED) is 0.864. The molecule has 1 aliphatic rings. The van der Waals surface area contributed by atoms with E-state index in [1.807, 2.05) is 18.4 Å². The fourth-order valence-corrected chi connectivity index (χ4v) is 2.27. The van der Waals surface area contributed by atoms with Gasteiger partial charge in [-0.3, -0.25) is 4.57 Å². The van der Waals surface area contributed by atoms with E-state index in [2.05, 4.69) is 23.5 Å². The Hall–Kier alpha value is -1.55. The first-order valence-corrected chi connectivity index (χ1v) is 6.58. The number of piperidine rings is 1. The van der Waals surface area contributed by atoms with Crippen LogP contribution in [0, 0.1) is 0 Å². The molecule has 1 aliphatic heterocycles. The Balaban J connectivity index is 0.000000771. The minimum absolute atomic E-state index is 0.0586. The van der Waals surface area contributed by atoms with Crippen LogP contribution in [0.5, 0.6) is 0 Å². The number of aromatic nitrogens is 2. The molecule has 2 N–H and O–H groups in total. The topological polar surface area (TPSA) is 49.8 Å². The molecule has 4 heteroatoms. The maximum absolute atomic E-state index is 11.9. The summed E-state index contributed by atoms with van der Waals surface area (Å²) in [7, 11) is 0. The van der Waals surface area contributed by atoms with Gasteiger partial charge in [-0.15, -0.1) is 0 Å². The fraction of sp³-hybridized carbons (Fsp3) is 0.500. The standard InChI is InChI=1S/C12H17N3O.C2H6/c1-3-10-11(4-2)15(12(16)14-10)9-5-7-13-8-6-9;1-2/h3-4,9,13H,1-2,5-8H2,(H,14,16);1-2H3. The second-order valence-corrected chi connectivity index (χ2v) is 3.99.